The third-order valence-corrected chi connectivity index (χ3v) is 8.01. The highest BCUT2D eigenvalue weighted by Crippen LogP contribution is 2.38. The van der Waals surface area contributed by atoms with Crippen LogP contribution in [-0.2, 0) is 6.54 Å². The average molecular weight is 553 g/mol. The first-order valence-electron chi connectivity index (χ1n) is 14.3. The molecule has 3 aromatic carbocycles. The second-order valence-corrected chi connectivity index (χ2v) is 10.6. The van der Waals surface area contributed by atoms with Crippen LogP contribution in [0.5, 0.6) is 17.2 Å². The Morgan fingerprint density at radius 1 is 0.800 bits per heavy atom. The van der Waals surface area contributed by atoms with Gasteiger partial charge in [0.2, 0.25) is 5.75 Å². The van der Waals surface area contributed by atoms with Crippen molar-refractivity contribution in [2.24, 2.45) is 5.92 Å². The maximum atomic E-state index is 13.6. The molecule has 2 atom stereocenters. The van der Waals surface area contributed by atoms with Crippen molar-refractivity contribution in [2.75, 3.05) is 34.4 Å². The quantitative estimate of drug-likeness (QED) is 0.202. The Morgan fingerprint density at radius 3 is 1.88 bits per heavy atom. The SMILES string of the molecule is COc1cc(CNC(CCCCCC(c2ccc(F)cc2)c2ccc(F)cc2)C2CCNC2)cc(OC)c1OC. The highest BCUT2D eigenvalue weighted by molar-refractivity contribution is 5.53. The highest BCUT2D eigenvalue weighted by atomic mass is 19.1. The number of methoxy groups -OCH3 is 3. The molecule has 1 aliphatic rings. The van der Waals surface area contributed by atoms with E-state index < -0.39 is 0 Å². The van der Waals surface area contributed by atoms with Crippen molar-refractivity contribution in [3.8, 4) is 17.2 Å². The zero-order valence-electron chi connectivity index (χ0n) is 23.9. The summed E-state index contributed by atoms with van der Waals surface area (Å²) in [5, 5.41) is 7.33. The number of rotatable bonds is 15. The van der Waals surface area contributed by atoms with E-state index in [-0.39, 0.29) is 17.6 Å². The molecule has 1 fully saturated rings. The smallest absolute Gasteiger partial charge is 0.203 e. The summed E-state index contributed by atoms with van der Waals surface area (Å²) in [6.45, 7) is 2.81. The molecule has 0 aromatic heterocycles. The van der Waals surface area contributed by atoms with Gasteiger partial charge in [-0.2, -0.15) is 0 Å². The van der Waals surface area contributed by atoms with E-state index in [1.807, 2.05) is 36.4 Å². The molecule has 2 N–H and O–H groups in total. The largest absolute Gasteiger partial charge is 0.493 e. The fourth-order valence-electron chi connectivity index (χ4n) is 5.82. The minimum Gasteiger partial charge on any atom is -0.493 e. The molecule has 1 aliphatic heterocycles. The molecule has 5 nitrogen and oxygen atoms in total. The van der Waals surface area contributed by atoms with Gasteiger partial charge in [-0.25, -0.2) is 8.78 Å². The van der Waals surface area contributed by atoms with E-state index in [1.165, 1.54) is 30.7 Å². The first-order chi connectivity index (χ1) is 19.5. The summed E-state index contributed by atoms with van der Waals surface area (Å²) in [7, 11) is 4.89. The topological polar surface area (TPSA) is 51.8 Å². The Kier molecular flexibility index (Phi) is 11.2. The van der Waals surface area contributed by atoms with Crippen LogP contribution in [-0.4, -0.2) is 40.5 Å². The molecule has 0 radical (unpaired) electrons. The molecule has 1 saturated heterocycles. The third-order valence-electron chi connectivity index (χ3n) is 8.01. The molecule has 2 unspecified atom stereocenters. The van der Waals surface area contributed by atoms with Gasteiger partial charge in [-0.1, -0.05) is 43.5 Å². The van der Waals surface area contributed by atoms with Crippen LogP contribution >= 0.6 is 0 Å². The van der Waals surface area contributed by atoms with Gasteiger partial charge in [-0.05, 0) is 91.4 Å². The van der Waals surface area contributed by atoms with Crippen molar-refractivity contribution in [3.05, 3.63) is 89.0 Å². The molecule has 0 saturated carbocycles. The molecule has 0 amide bonds. The summed E-state index contributed by atoms with van der Waals surface area (Å²) in [5.74, 6) is 2.15. The van der Waals surface area contributed by atoms with Crippen LogP contribution in [0.25, 0.3) is 0 Å². The van der Waals surface area contributed by atoms with Crippen LogP contribution in [0.3, 0.4) is 0 Å². The molecule has 216 valence electrons. The van der Waals surface area contributed by atoms with Gasteiger partial charge >= 0.3 is 0 Å². The Labute approximate surface area is 237 Å². The lowest BCUT2D eigenvalue weighted by molar-refractivity contribution is 0.321. The average Bonchev–Trinajstić information content (AvgIpc) is 3.52. The number of unbranched alkanes of at least 4 members (excludes halogenated alkanes) is 2. The zero-order chi connectivity index (χ0) is 28.3. The number of hydrogen-bond acceptors (Lipinski definition) is 5. The van der Waals surface area contributed by atoms with Crippen molar-refractivity contribution < 1.29 is 23.0 Å². The van der Waals surface area contributed by atoms with Crippen molar-refractivity contribution >= 4 is 0 Å². The standard InChI is InChI=1S/C33H42F2N2O3/c1-38-31-19-23(20-32(39-2)33(31)40-3)21-37-30(26-17-18-36-22-26)8-6-4-5-7-29(24-9-13-27(34)14-10-24)25-11-15-28(35)16-12-25/h9-16,19-20,26,29-30,36-37H,4-8,17-18,21-22H2,1-3H3. The first-order valence-corrected chi connectivity index (χ1v) is 14.3. The van der Waals surface area contributed by atoms with Gasteiger partial charge in [0.25, 0.3) is 0 Å². The van der Waals surface area contributed by atoms with Crippen LogP contribution in [0.15, 0.2) is 60.7 Å². The van der Waals surface area contributed by atoms with Gasteiger partial charge in [0, 0.05) is 18.5 Å². The van der Waals surface area contributed by atoms with E-state index >= 15 is 0 Å². The molecule has 7 heteroatoms. The van der Waals surface area contributed by atoms with Crippen molar-refractivity contribution in [2.45, 2.75) is 57.0 Å². The summed E-state index contributed by atoms with van der Waals surface area (Å²) in [6.07, 6.45) is 6.46. The predicted molar refractivity (Wildman–Crippen MR) is 155 cm³/mol. The predicted octanol–water partition coefficient (Wildman–Crippen LogP) is 6.84. The first kappa shape index (κ1) is 29.8. The van der Waals surface area contributed by atoms with Crippen LogP contribution in [0.1, 0.15) is 61.1 Å². The summed E-state index contributed by atoms with van der Waals surface area (Å²) in [4.78, 5) is 0. The van der Waals surface area contributed by atoms with Crippen molar-refractivity contribution in [3.63, 3.8) is 0 Å². The number of hydrogen-bond donors (Lipinski definition) is 2. The number of benzene rings is 3. The Bertz CT molecular complexity index is 1110. The highest BCUT2D eigenvalue weighted by Gasteiger charge is 2.25. The number of ether oxygens (including phenoxy) is 3. The number of nitrogens with one attached hydrogen (secondary N) is 2. The molecule has 40 heavy (non-hydrogen) atoms. The second-order valence-electron chi connectivity index (χ2n) is 10.6. The summed E-state index contributed by atoms with van der Waals surface area (Å²) in [6, 6.07) is 17.8. The lowest BCUT2D eigenvalue weighted by atomic mass is 9.86. The maximum Gasteiger partial charge on any atom is 0.203 e. The molecule has 0 aliphatic carbocycles. The lowest BCUT2D eigenvalue weighted by Gasteiger charge is -2.25. The van der Waals surface area contributed by atoms with E-state index in [2.05, 4.69) is 10.6 Å². The van der Waals surface area contributed by atoms with E-state index in [0.29, 0.717) is 29.2 Å². The van der Waals surface area contributed by atoms with Gasteiger partial charge in [0.15, 0.2) is 11.5 Å². The lowest BCUT2D eigenvalue weighted by Crippen LogP contribution is -2.37. The Morgan fingerprint density at radius 2 is 1.38 bits per heavy atom. The van der Waals surface area contributed by atoms with E-state index in [0.717, 1.165) is 68.4 Å². The minimum atomic E-state index is -0.243. The van der Waals surface area contributed by atoms with Gasteiger partial charge in [-0.15, -0.1) is 0 Å². The zero-order valence-corrected chi connectivity index (χ0v) is 23.9. The van der Waals surface area contributed by atoms with Crippen LogP contribution in [0, 0.1) is 17.6 Å². The third kappa shape index (κ3) is 7.95. The second kappa shape index (κ2) is 15.0. The molecule has 3 aromatic rings. The fraction of sp³-hybridized carbons (Fsp3) is 0.455. The fourth-order valence-corrected chi connectivity index (χ4v) is 5.82. The molecule has 0 spiro atoms. The van der Waals surface area contributed by atoms with Gasteiger partial charge in [-0.3, -0.25) is 0 Å². The van der Waals surface area contributed by atoms with Crippen LogP contribution in [0.2, 0.25) is 0 Å². The normalized spacial score (nSPS) is 15.8. The molecular weight excluding hydrogens is 510 g/mol. The van der Waals surface area contributed by atoms with Crippen molar-refractivity contribution in [1.29, 1.82) is 0 Å². The molecular formula is C33H42F2N2O3. The monoisotopic (exact) mass is 552 g/mol. The van der Waals surface area contributed by atoms with Crippen molar-refractivity contribution in [1.82, 2.24) is 10.6 Å². The van der Waals surface area contributed by atoms with Gasteiger partial charge < -0.3 is 24.8 Å². The Hall–Kier alpha value is -3.16. The maximum absolute atomic E-state index is 13.6. The van der Waals surface area contributed by atoms with E-state index in [9.17, 15) is 8.78 Å². The Balaban J connectivity index is 1.34. The van der Waals surface area contributed by atoms with E-state index in [1.54, 1.807) is 21.3 Å². The number of halogens is 2. The van der Waals surface area contributed by atoms with Crippen LogP contribution < -0.4 is 24.8 Å². The molecule has 1 heterocycles. The van der Waals surface area contributed by atoms with Gasteiger partial charge in [0.05, 0.1) is 21.3 Å². The summed E-state index contributed by atoms with van der Waals surface area (Å²) in [5.41, 5.74) is 3.22. The molecule has 0 bridgehead atoms. The summed E-state index contributed by atoms with van der Waals surface area (Å²) < 4.78 is 43.7. The van der Waals surface area contributed by atoms with Crippen LogP contribution in [0.4, 0.5) is 8.78 Å². The van der Waals surface area contributed by atoms with Gasteiger partial charge in [0.1, 0.15) is 11.6 Å². The summed E-state index contributed by atoms with van der Waals surface area (Å²) >= 11 is 0. The molecule has 4 rings (SSSR count). The van der Waals surface area contributed by atoms with E-state index in [4.69, 9.17) is 14.2 Å². The minimum absolute atomic E-state index is 0.120.